The van der Waals surface area contributed by atoms with Crippen LogP contribution in [0.5, 0.6) is 0 Å². The van der Waals surface area contributed by atoms with E-state index < -0.39 is 17.3 Å². The first kappa shape index (κ1) is 14.4. The third kappa shape index (κ3) is 3.11. The first-order valence-electron chi connectivity index (χ1n) is 6.73. The highest BCUT2D eigenvalue weighted by atomic mass is 19.4. The van der Waals surface area contributed by atoms with Crippen molar-refractivity contribution in [2.75, 3.05) is 0 Å². The first-order valence-corrected chi connectivity index (χ1v) is 6.73. The van der Waals surface area contributed by atoms with Gasteiger partial charge < -0.3 is 5.11 Å². The van der Waals surface area contributed by atoms with Crippen LogP contribution in [0.1, 0.15) is 43.7 Å². The normalized spacial score (nSPS) is 27.7. The van der Waals surface area contributed by atoms with E-state index in [9.17, 15) is 18.3 Å². The highest BCUT2D eigenvalue weighted by Gasteiger charge is 2.40. The number of benzene rings is 1. The van der Waals surface area contributed by atoms with Gasteiger partial charge in [-0.2, -0.15) is 13.2 Å². The van der Waals surface area contributed by atoms with Gasteiger partial charge in [0.2, 0.25) is 0 Å². The smallest absolute Gasteiger partial charge is 0.389 e. The van der Waals surface area contributed by atoms with Crippen LogP contribution in [0.2, 0.25) is 0 Å². The van der Waals surface area contributed by atoms with E-state index in [0.29, 0.717) is 18.4 Å². The van der Waals surface area contributed by atoms with Crippen LogP contribution >= 0.6 is 0 Å². The fourth-order valence-electron chi connectivity index (χ4n) is 3.16. The van der Waals surface area contributed by atoms with E-state index in [-0.39, 0.29) is 5.92 Å². The molecular weight excluding hydrogens is 253 g/mol. The standard InChI is InChI=1S/C15H19F3O/c1-2-12-7-4-8-14(12,19)10-11-5-3-6-13(9-11)15(16,17)18/h3,5-6,9,12,19H,2,4,7-8,10H2,1H3. The Kier molecular flexibility index (Phi) is 3.90. The number of hydrogen-bond donors (Lipinski definition) is 1. The first-order chi connectivity index (χ1) is 8.85. The fraction of sp³-hybridized carbons (Fsp3) is 0.600. The molecule has 1 aliphatic carbocycles. The molecule has 1 aromatic carbocycles. The van der Waals surface area contributed by atoms with E-state index in [0.717, 1.165) is 31.4 Å². The van der Waals surface area contributed by atoms with Gasteiger partial charge in [0.1, 0.15) is 0 Å². The topological polar surface area (TPSA) is 20.2 Å². The van der Waals surface area contributed by atoms with E-state index in [1.807, 2.05) is 6.92 Å². The summed E-state index contributed by atoms with van der Waals surface area (Å²) in [6.07, 6.45) is -0.537. The quantitative estimate of drug-likeness (QED) is 0.874. The summed E-state index contributed by atoms with van der Waals surface area (Å²) in [7, 11) is 0. The molecule has 4 heteroatoms. The third-order valence-corrected chi connectivity index (χ3v) is 4.18. The second kappa shape index (κ2) is 5.16. The van der Waals surface area contributed by atoms with E-state index in [2.05, 4.69) is 0 Å². The van der Waals surface area contributed by atoms with Crippen molar-refractivity contribution in [3.63, 3.8) is 0 Å². The summed E-state index contributed by atoms with van der Waals surface area (Å²) in [5, 5.41) is 10.6. The molecular formula is C15H19F3O. The van der Waals surface area contributed by atoms with Crippen LogP contribution in [-0.4, -0.2) is 10.7 Å². The number of alkyl halides is 3. The lowest BCUT2D eigenvalue weighted by atomic mass is 9.83. The Balaban J connectivity index is 2.19. The summed E-state index contributed by atoms with van der Waals surface area (Å²) in [5.74, 6) is 0.196. The number of aliphatic hydroxyl groups is 1. The molecule has 0 radical (unpaired) electrons. The van der Waals surface area contributed by atoms with Gasteiger partial charge in [0.25, 0.3) is 0 Å². The Morgan fingerprint density at radius 3 is 2.74 bits per heavy atom. The minimum atomic E-state index is -4.32. The van der Waals surface area contributed by atoms with Gasteiger partial charge in [0.15, 0.2) is 0 Å². The molecule has 19 heavy (non-hydrogen) atoms. The zero-order valence-electron chi connectivity index (χ0n) is 11.0. The molecule has 0 aromatic heterocycles. The maximum absolute atomic E-state index is 12.7. The molecule has 1 aromatic rings. The maximum Gasteiger partial charge on any atom is 0.416 e. The minimum Gasteiger partial charge on any atom is -0.389 e. The van der Waals surface area contributed by atoms with Crippen molar-refractivity contribution in [2.45, 2.75) is 50.8 Å². The molecule has 0 saturated heterocycles. The SMILES string of the molecule is CCC1CCCC1(O)Cc1cccc(C(F)(F)F)c1. The minimum absolute atomic E-state index is 0.196. The Hall–Kier alpha value is -1.03. The molecule has 0 amide bonds. The highest BCUT2D eigenvalue weighted by molar-refractivity contribution is 5.27. The molecule has 2 atom stereocenters. The summed E-state index contributed by atoms with van der Waals surface area (Å²) >= 11 is 0. The fourth-order valence-corrected chi connectivity index (χ4v) is 3.16. The average molecular weight is 272 g/mol. The molecule has 0 aliphatic heterocycles. The zero-order chi connectivity index (χ0) is 14.1. The summed E-state index contributed by atoms with van der Waals surface area (Å²) in [5.41, 5.74) is -0.906. The lowest BCUT2D eigenvalue weighted by Gasteiger charge is -2.30. The summed E-state index contributed by atoms with van der Waals surface area (Å²) in [6.45, 7) is 2.02. The van der Waals surface area contributed by atoms with Gasteiger partial charge in [0.05, 0.1) is 11.2 Å². The van der Waals surface area contributed by atoms with Crippen LogP contribution < -0.4 is 0 Å². The molecule has 1 aliphatic rings. The van der Waals surface area contributed by atoms with Crippen LogP contribution in [0.3, 0.4) is 0 Å². The Bertz CT molecular complexity index is 441. The largest absolute Gasteiger partial charge is 0.416 e. The van der Waals surface area contributed by atoms with E-state index in [1.54, 1.807) is 6.07 Å². The number of halogens is 3. The number of rotatable bonds is 3. The molecule has 0 spiro atoms. The monoisotopic (exact) mass is 272 g/mol. The zero-order valence-corrected chi connectivity index (χ0v) is 11.0. The summed E-state index contributed by atoms with van der Waals surface area (Å²) in [4.78, 5) is 0. The Morgan fingerprint density at radius 1 is 1.37 bits per heavy atom. The molecule has 1 saturated carbocycles. The van der Waals surface area contributed by atoms with Crippen LogP contribution in [-0.2, 0) is 12.6 Å². The Labute approximate surface area is 111 Å². The maximum atomic E-state index is 12.7. The van der Waals surface area contributed by atoms with Gasteiger partial charge in [-0.15, -0.1) is 0 Å². The van der Waals surface area contributed by atoms with Crippen LogP contribution in [0.25, 0.3) is 0 Å². The highest BCUT2D eigenvalue weighted by Crippen LogP contribution is 2.40. The van der Waals surface area contributed by atoms with Crippen molar-refractivity contribution in [3.05, 3.63) is 35.4 Å². The second-order valence-electron chi connectivity index (χ2n) is 5.48. The third-order valence-electron chi connectivity index (χ3n) is 4.18. The molecule has 0 heterocycles. The predicted octanol–water partition coefficient (Wildman–Crippen LogP) is 4.19. The molecule has 1 N–H and O–H groups in total. The van der Waals surface area contributed by atoms with Gasteiger partial charge in [-0.1, -0.05) is 38.0 Å². The molecule has 0 bridgehead atoms. The van der Waals surface area contributed by atoms with Crippen LogP contribution in [0.4, 0.5) is 13.2 Å². The summed E-state index contributed by atoms with van der Waals surface area (Å²) in [6, 6.07) is 5.30. The van der Waals surface area contributed by atoms with Crippen molar-refractivity contribution in [1.82, 2.24) is 0 Å². The molecule has 2 unspecified atom stereocenters. The van der Waals surface area contributed by atoms with Gasteiger partial charge in [-0.3, -0.25) is 0 Å². The van der Waals surface area contributed by atoms with Crippen molar-refractivity contribution >= 4 is 0 Å². The van der Waals surface area contributed by atoms with Gasteiger partial charge in [-0.05, 0) is 30.4 Å². The molecule has 1 fully saturated rings. The van der Waals surface area contributed by atoms with Gasteiger partial charge >= 0.3 is 6.18 Å². The Morgan fingerprint density at radius 2 is 2.11 bits per heavy atom. The van der Waals surface area contributed by atoms with E-state index in [4.69, 9.17) is 0 Å². The van der Waals surface area contributed by atoms with Crippen molar-refractivity contribution < 1.29 is 18.3 Å². The van der Waals surface area contributed by atoms with Crippen molar-refractivity contribution in [3.8, 4) is 0 Å². The molecule has 1 nitrogen and oxygen atoms in total. The van der Waals surface area contributed by atoms with Gasteiger partial charge in [0, 0.05) is 6.42 Å². The van der Waals surface area contributed by atoms with Crippen molar-refractivity contribution in [2.24, 2.45) is 5.92 Å². The lowest BCUT2D eigenvalue weighted by Crippen LogP contribution is -2.35. The second-order valence-corrected chi connectivity index (χ2v) is 5.48. The molecule has 106 valence electrons. The van der Waals surface area contributed by atoms with Crippen LogP contribution in [0, 0.1) is 5.92 Å². The van der Waals surface area contributed by atoms with E-state index in [1.165, 1.54) is 6.07 Å². The van der Waals surface area contributed by atoms with Crippen molar-refractivity contribution in [1.29, 1.82) is 0 Å². The van der Waals surface area contributed by atoms with Gasteiger partial charge in [-0.25, -0.2) is 0 Å². The van der Waals surface area contributed by atoms with E-state index >= 15 is 0 Å². The van der Waals surface area contributed by atoms with Crippen LogP contribution in [0.15, 0.2) is 24.3 Å². The number of hydrogen-bond acceptors (Lipinski definition) is 1. The molecule has 2 rings (SSSR count). The summed E-state index contributed by atoms with van der Waals surface area (Å²) < 4.78 is 38.0. The lowest BCUT2D eigenvalue weighted by molar-refractivity contribution is -0.137. The average Bonchev–Trinajstić information content (AvgIpc) is 2.69. The predicted molar refractivity (Wildman–Crippen MR) is 67.7 cm³/mol.